The predicted molar refractivity (Wildman–Crippen MR) is 112 cm³/mol. The monoisotopic (exact) mass is 396 g/mol. The molecular formula is C23H28N2O4. The maximum absolute atomic E-state index is 12.9. The van der Waals surface area contributed by atoms with E-state index in [4.69, 9.17) is 9.47 Å². The molecule has 29 heavy (non-hydrogen) atoms. The largest absolute Gasteiger partial charge is 0.496 e. The molecule has 3 rings (SSSR count). The summed E-state index contributed by atoms with van der Waals surface area (Å²) in [6.07, 6.45) is 0.732. The van der Waals surface area contributed by atoms with Crippen LogP contribution in [0.2, 0.25) is 0 Å². The van der Waals surface area contributed by atoms with E-state index >= 15 is 0 Å². The highest BCUT2D eigenvalue weighted by molar-refractivity contribution is 5.97. The van der Waals surface area contributed by atoms with Gasteiger partial charge in [-0.05, 0) is 55.7 Å². The highest BCUT2D eigenvalue weighted by atomic mass is 16.5. The fourth-order valence-corrected chi connectivity index (χ4v) is 3.40. The number of hydrogen-bond donors (Lipinski definition) is 0. The molecule has 1 aliphatic heterocycles. The average Bonchev–Trinajstić information content (AvgIpc) is 3.00. The Morgan fingerprint density at radius 1 is 0.931 bits per heavy atom. The van der Waals surface area contributed by atoms with Gasteiger partial charge in [-0.15, -0.1) is 0 Å². The lowest BCUT2D eigenvalue weighted by molar-refractivity contribution is -0.133. The van der Waals surface area contributed by atoms with E-state index in [9.17, 15) is 9.59 Å². The summed E-state index contributed by atoms with van der Waals surface area (Å²) in [5, 5.41) is 0. The van der Waals surface area contributed by atoms with Crippen molar-refractivity contribution in [1.82, 2.24) is 9.80 Å². The van der Waals surface area contributed by atoms with E-state index in [0.717, 1.165) is 12.0 Å². The smallest absolute Gasteiger partial charge is 0.260 e. The quantitative estimate of drug-likeness (QED) is 0.779. The van der Waals surface area contributed by atoms with E-state index in [-0.39, 0.29) is 18.4 Å². The van der Waals surface area contributed by atoms with Crippen LogP contribution in [0.25, 0.3) is 0 Å². The molecule has 1 saturated heterocycles. The maximum Gasteiger partial charge on any atom is 0.260 e. The van der Waals surface area contributed by atoms with Gasteiger partial charge in [0.25, 0.3) is 11.8 Å². The molecule has 1 fully saturated rings. The van der Waals surface area contributed by atoms with Gasteiger partial charge in [-0.1, -0.05) is 18.2 Å². The second kappa shape index (κ2) is 9.45. The minimum absolute atomic E-state index is 0.00293. The van der Waals surface area contributed by atoms with Crippen molar-refractivity contribution < 1.29 is 19.1 Å². The summed E-state index contributed by atoms with van der Waals surface area (Å²) in [7, 11) is 1.56. The number of aryl methyl sites for hydroxylation is 2. The van der Waals surface area contributed by atoms with Crippen LogP contribution in [0.1, 0.15) is 27.9 Å². The van der Waals surface area contributed by atoms with Crippen molar-refractivity contribution in [3.8, 4) is 11.5 Å². The number of ether oxygens (including phenoxy) is 2. The molecule has 6 nitrogen and oxygen atoms in total. The Hall–Kier alpha value is -3.02. The van der Waals surface area contributed by atoms with E-state index in [1.54, 1.807) is 29.0 Å². The standard InChI is InChI=1S/C23H28N2O4/c1-17-9-10-19(15-18(17)2)29-16-22(26)24-11-6-12-25(14-13-24)23(27)20-7-4-5-8-21(20)28-3/h4-5,7-10,15H,6,11-14,16H2,1-3H3. The molecule has 0 aliphatic carbocycles. The molecule has 6 heteroatoms. The van der Waals surface area contributed by atoms with Gasteiger partial charge in [-0.3, -0.25) is 9.59 Å². The van der Waals surface area contributed by atoms with Crippen LogP contribution in [0.3, 0.4) is 0 Å². The predicted octanol–water partition coefficient (Wildman–Crippen LogP) is 3.07. The Morgan fingerprint density at radius 2 is 1.66 bits per heavy atom. The number of methoxy groups -OCH3 is 1. The van der Waals surface area contributed by atoms with Crippen LogP contribution < -0.4 is 9.47 Å². The summed E-state index contributed by atoms with van der Waals surface area (Å²) < 4.78 is 11.0. The van der Waals surface area contributed by atoms with Gasteiger partial charge in [0.2, 0.25) is 0 Å². The number of benzene rings is 2. The molecule has 0 unspecified atom stereocenters. The van der Waals surface area contributed by atoms with Crippen molar-refractivity contribution in [2.45, 2.75) is 20.3 Å². The van der Waals surface area contributed by atoms with Gasteiger partial charge in [0.1, 0.15) is 11.5 Å². The van der Waals surface area contributed by atoms with Crippen LogP contribution in [-0.4, -0.2) is 61.5 Å². The molecule has 2 amide bonds. The zero-order valence-electron chi connectivity index (χ0n) is 17.3. The lowest BCUT2D eigenvalue weighted by Crippen LogP contribution is -2.39. The third-order valence-electron chi connectivity index (χ3n) is 5.31. The van der Waals surface area contributed by atoms with Crippen LogP contribution in [-0.2, 0) is 4.79 Å². The molecule has 154 valence electrons. The Bertz CT molecular complexity index is 881. The first-order valence-corrected chi connectivity index (χ1v) is 9.89. The van der Waals surface area contributed by atoms with Crippen molar-refractivity contribution in [2.75, 3.05) is 39.9 Å². The number of carbonyl (C=O) groups is 2. The van der Waals surface area contributed by atoms with Gasteiger partial charge in [0.15, 0.2) is 6.61 Å². The third kappa shape index (κ3) is 5.08. The number of hydrogen-bond acceptors (Lipinski definition) is 4. The Kier molecular flexibility index (Phi) is 6.75. The molecule has 2 aromatic carbocycles. The third-order valence-corrected chi connectivity index (χ3v) is 5.31. The van der Waals surface area contributed by atoms with E-state index < -0.39 is 0 Å². The van der Waals surface area contributed by atoms with Crippen LogP contribution in [0.5, 0.6) is 11.5 Å². The number of carbonyl (C=O) groups excluding carboxylic acids is 2. The minimum atomic E-state index is -0.0665. The van der Waals surface area contributed by atoms with Gasteiger partial charge < -0.3 is 19.3 Å². The van der Waals surface area contributed by atoms with Crippen LogP contribution in [0, 0.1) is 13.8 Å². The summed E-state index contributed by atoms with van der Waals surface area (Å²) in [5.74, 6) is 1.14. The zero-order valence-corrected chi connectivity index (χ0v) is 17.3. The number of rotatable bonds is 5. The highest BCUT2D eigenvalue weighted by Gasteiger charge is 2.24. The van der Waals surface area contributed by atoms with Crippen molar-refractivity contribution in [2.24, 2.45) is 0 Å². The highest BCUT2D eigenvalue weighted by Crippen LogP contribution is 2.20. The second-order valence-electron chi connectivity index (χ2n) is 7.26. The summed E-state index contributed by atoms with van der Waals surface area (Å²) in [4.78, 5) is 29.1. The Balaban J connectivity index is 1.56. The first kappa shape index (κ1) is 20.7. The van der Waals surface area contributed by atoms with Crippen LogP contribution in [0.4, 0.5) is 0 Å². The van der Waals surface area contributed by atoms with Crippen LogP contribution >= 0.6 is 0 Å². The van der Waals surface area contributed by atoms with Gasteiger partial charge in [-0.2, -0.15) is 0 Å². The van der Waals surface area contributed by atoms with Crippen molar-refractivity contribution in [1.29, 1.82) is 0 Å². The lowest BCUT2D eigenvalue weighted by Gasteiger charge is -2.23. The number of para-hydroxylation sites is 1. The SMILES string of the molecule is COc1ccccc1C(=O)N1CCCN(C(=O)COc2ccc(C)c(C)c2)CC1. The van der Waals surface area contributed by atoms with Crippen molar-refractivity contribution in [3.63, 3.8) is 0 Å². The lowest BCUT2D eigenvalue weighted by atomic mass is 10.1. The summed E-state index contributed by atoms with van der Waals surface area (Å²) >= 11 is 0. The van der Waals surface area contributed by atoms with E-state index in [0.29, 0.717) is 43.2 Å². The van der Waals surface area contributed by atoms with Gasteiger partial charge in [0.05, 0.1) is 12.7 Å². The topological polar surface area (TPSA) is 59.1 Å². The normalized spacial score (nSPS) is 14.3. The summed E-state index contributed by atoms with van der Waals surface area (Å²) in [6.45, 7) is 6.28. The van der Waals surface area contributed by atoms with E-state index in [1.165, 1.54) is 5.56 Å². The first-order valence-electron chi connectivity index (χ1n) is 9.89. The van der Waals surface area contributed by atoms with Gasteiger partial charge in [0, 0.05) is 26.2 Å². The number of nitrogens with zero attached hydrogens (tertiary/aromatic N) is 2. The molecular weight excluding hydrogens is 368 g/mol. The molecule has 1 heterocycles. The van der Waals surface area contributed by atoms with Crippen molar-refractivity contribution in [3.05, 3.63) is 59.2 Å². The van der Waals surface area contributed by atoms with E-state index in [1.807, 2.05) is 44.2 Å². The molecule has 0 spiro atoms. The van der Waals surface area contributed by atoms with Crippen molar-refractivity contribution >= 4 is 11.8 Å². The van der Waals surface area contributed by atoms with Gasteiger partial charge >= 0.3 is 0 Å². The minimum Gasteiger partial charge on any atom is -0.496 e. The fraction of sp³-hybridized carbons (Fsp3) is 0.391. The maximum atomic E-state index is 12.9. The molecule has 0 radical (unpaired) electrons. The summed E-state index contributed by atoms with van der Waals surface area (Å²) in [6, 6.07) is 13.0. The number of amides is 2. The first-order chi connectivity index (χ1) is 14.0. The molecule has 0 saturated carbocycles. The Morgan fingerprint density at radius 3 is 2.41 bits per heavy atom. The fourth-order valence-electron chi connectivity index (χ4n) is 3.40. The summed E-state index contributed by atoms with van der Waals surface area (Å²) in [5.41, 5.74) is 2.87. The molecule has 1 aliphatic rings. The Labute approximate surface area is 172 Å². The molecule has 0 bridgehead atoms. The van der Waals surface area contributed by atoms with Gasteiger partial charge in [-0.25, -0.2) is 0 Å². The van der Waals surface area contributed by atoms with Crippen LogP contribution in [0.15, 0.2) is 42.5 Å². The molecule has 0 atom stereocenters. The average molecular weight is 396 g/mol. The van der Waals surface area contributed by atoms with E-state index in [2.05, 4.69) is 0 Å². The zero-order chi connectivity index (χ0) is 20.8. The molecule has 2 aromatic rings. The second-order valence-corrected chi connectivity index (χ2v) is 7.26. The molecule has 0 N–H and O–H groups in total. The molecule has 0 aromatic heterocycles.